The first-order valence-corrected chi connectivity index (χ1v) is 6.97. The molecule has 0 spiro atoms. The molecule has 0 bridgehead atoms. The van der Waals surface area contributed by atoms with Gasteiger partial charge >= 0.3 is 6.09 Å². The molecule has 2 rings (SSSR count). The van der Waals surface area contributed by atoms with Crippen LogP contribution in [0.15, 0.2) is 18.2 Å². The highest BCUT2D eigenvalue weighted by Gasteiger charge is 2.25. The van der Waals surface area contributed by atoms with E-state index in [1.54, 1.807) is 4.90 Å². The molecular formula is C16H23NO2. The minimum Gasteiger partial charge on any atom is -0.444 e. The largest absolute Gasteiger partial charge is 0.444 e. The number of hydrogen-bond acceptors (Lipinski definition) is 2. The fourth-order valence-corrected chi connectivity index (χ4v) is 2.31. The van der Waals surface area contributed by atoms with Gasteiger partial charge in [-0.1, -0.05) is 25.1 Å². The maximum atomic E-state index is 12.1. The molecule has 1 aromatic carbocycles. The second kappa shape index (κ2) is 5.24. The smallest absolute Gasteiger partial charge is 0.410 e. The van der Waals surface area contributed by atoms with Gasteiger partial charge in [-0.05, 0) is 50.3 Å². The van der Waals surface area contributed by atoms with E-state index in [1.807, 2.05) is 20.8 Å². The Morgan fingerprint density at radius 3 is 2.68 bits per heavy atom. The second-order valence-corrected chi connectivity index (χ2v) is 6.11. The summed E-state index contributed by atoms with van der Waals surface area (Å²) in [7, 11) is 0. The van der Waals surface area contributed by atoms with Gasteiger partial charge in [0.25, 0.3) is 0 Å². The molecule has 3 nitrogen and oxygen atoms in total. The van der Waals surface area contributed by atoms with Gasteiger partial charge < -0.3 is 9.64 Å². The minimum absolute atomic E-state index is 0.208. The van der Waals surface area contributed by atoms with Gasteiger partial charge in [-0.15, -0.1) is 0 Å². The summed E-state index contributed by atoms with van der Waals surface area (Å²) >= 11 is 0. The number of ether oxygens (including phenoxy) is 1. The average Bonchev–Trinajstić information content (AvgIpc) is 2.35. The molecule has 0 aromatic heterocycles. The topological polar surface area (TPSA) is 29.5 Å². The van der Waals surface area contributed by atoms with Crippen LogP contribution >= 0.6 is 0 Å². The maximum Gasteiger partial charge on any atom is 0.410 e. The van der Waals surface area contributed by atoms with Crippen LogP contribution in [0.1, 0.15) is 44.4 Å². The molecule has 0 aliphatic carbocycles. The van der Waals surface area contributed by atoms with Crippen LogP contribution in [-0.4, -0.2) is 23.1 Å². The molecule has 1 aromatic rings. The van der Waals surface area contributed by atoms with Gasteiger partial charge in [-0.2, -0.15) is 0 Å². The molecule has 0 saturated carbocycles. The molecule has 0 saturated heterocycles. The lowest BCUT2D eigenvalue weighted by Gasteiger charge is -2.31. The van der Waals surface area contributed by atoms with Crippen molar-refractivity contribution in [1.29, 1.82) is 0 Å². The predicted molar refractivity (Wildman–Crippen MR) is 76.2 cm³/mol. The Balaban J connectivity index is 2.10. The first kappa shape index (κ1) is 13.9. The SMILES string of the molecule is CCc1ccc2c(c1)CN(C(=O)OC(C)(C)C)CC2. The Kier molecular flexibility index (Phi) is 3.83. The third kappa shape index (κ3) is 3.49. The Labute approximate surface area is 115 Å². The molecule has 0 radical (unpaired) electrons. The Hall–Kier alpha value is -1.51. The van der Waals surface area contributed by atoms with Gasteiger partial charge in [0, 0.05) is 13.1 Å². The van der Waals surface area contributed by atoms with Crippen molar-refractivity contribution in [3.05, 3.63) is 34.9 Å². The second-order valence-electron chi connectivity index (χ2n) is 6.11. The number of carbonyl (C=O) groups excluding carboxylic acids is 1. The van der Waals surface area contributed by atoms with E-state index < -0.39 is 5.60 Å². The molecule has 104 valence electrons. The van der Waals surface area contributed by atoms with Gasteiger partial charge in [-0.3, -0.25) is 0 Å². The van der Waals surface area contributed by atoms with E-state index in [2.05, 4.69) is 25.1 Å². The van der Waals surface area contributed by atoms with Gasteiger partial charge in [0.15, 0.2) is 0 Å². The fourth-order valence-electron chi connectivity index (χ4n) is 2.31. The minimum atomic E-state index is -0.428. The standard InChI is InChI=1S/C16H23NO2/c1-5-12-6-7-13-8-9-17(11-14(13)10-12)15(18)19-16(2,3)4/h6-7,10H,5,8-9,11H2,1-4H3. The van der Waals surface area contributed by atoms with Crippen molar-refractivity contribution in [3.63, 3.8) is 0 Å². The molecule has 1 amide bonds. The summed E-state index contributed by atoms with van der Waals surface area (Å²) in [5, 5.41) is 0. The van der Waals surface area contributed by atoms with E-state index in [9.17, 15) is 4.79 Å². The van der Waals surface area contributed by atoms with E-state index in [1.165, 1.54) is 16.7 Å². The highest BCUT2D eigenvalue weighted by molar-refractivity contribution is 5.68. The third-order valence-corrected chi connectivity index (χ3v) is 3.34. The number of hydrogen-bond donors (Lipinski definition) is 0. The van der Waals surface area contributed by atoms with Crippen molar-refractivity contribution < 1.29 is 9.53 Å². The number of benzene rings is 1. The lowest BCUT2D eigenvalue weighted by atomic mass is 9.97. The number of amides is 1. The van der Waals surface area contributed by atoms with Crippen LogP contribution in [0.25, 0.3) is 0 Å². The quantitative estimate of drug-likeness (QED) is 0.774. The number of aryl methyl sites for hydroxylation is 1. The van der Waals surface area contributed by atoms with Crippen LogP contribution in [0.4, 0.5) is 4.79 Å². The Morgan fingerprint density at radius 2 is 2.05 bits per heavy atom. The zero-order chi connectivity index (χ0) is 14.0. The molecule has 1 aliphatic rings. The average molecular weight is 261 g/mol. The summed E-state index contributed by atoms with van der Waals surface area (Å²) in [5.74, 6) is 0. The highest BCUT2D eigenvalue weighted by Crippen LogP contribution is 2.22. The van der Waals surface area contributed by atoms with Crippen molar-refractivity contribution in [2.45, 2.75) is 52.7 Å². The number of nitrogens with zero attached hydrogens (tertiary/aromatic N) is 1. The van der Waals surface area contributed by atoms with Crippen molar-refractivity contribution in [1.82, 2.24) is 4.90 Å². The number of carbonyl (C=O) groups is 1. The molecule has 0 atom stereocenters. The molecule has 0 fully saturated rings. The first-order chi connectivity index (χ1) is 8.89. The van der Waals surface area contributed by atoms with Crippen LogP contribution in [0, 0.1) is 0 Å². The van der Waals surface area contributed by atoms with Gasteiger partial charge in [0.05, 0.1) is 0 Å². The first-order valence-electron chi connectivity index (χ1n) is 6.97. The summed E-state index contributed by atoms with van der Waals surface area (Å²) in [4.78, 5) is 13.9. The molecule has 1 heterocycles. The van der Waals surface area contributed by atoms with E-state index in [0.717, 1.165) is 19.4 Å². The monoisotopic (exact) mass is 261 g/mol. The normalized spacial score (nSPS) is 15.1. The van der Waals surface area contributed by atoms with E-state index in [0.29, 0.717) is 6.54 Å². The molecule has 0 N–H and O–H groups in total. The maximum absolute atomic E-state index is 12.1. The fraction of sp³-hybridized carbons (Fsp3) is 0.562. The van der Waals surface area contributed by atoms with Gasteiger partial charge in [0.2, 0.25) is 0 Å². The summed E-state index contributed by atoms with van der Waals surface area (Å²) in [6, 6.07) is 6.59. The number of fused-ring (bicyclic) bond motifs is 1. The van der Waals surface area contributed by atoms with E-state index in [4.69, 9.17) is 4.74 Å². The van der Waals surface area contributed by atoms with Crippen molar-refractivity contribution >= 4 is 6.09 Å². The molecular weight excluding hydrogens is 238 g/mol. The van der Waals surface area contributed by atoms with Gasteiger partial charge in [-0.25, -0.2) is 4.79 Å². The zero-order valence-electron chi connectivity index (χ0n) is 12.3. The summed E-state index contributed by atoms with van der Waals surface area (Å²) in [6.07, 6.45) is 1.73. The van der Waals surface area contributed by atoms with Crippen LogP contribution in [0.3, 0.4) is 0 Å². The summed E-state index contributed by atoms with van der Waals surface area (Å²) in [5.41, 5.74) is 3.51. The van der Waals surface area contributed by atoms with Crippen molar-refractivity contribution in [2.24, 2.45) is 0 Å². The van der Waals surface area contributed by atoms with Crippen LogP contribution in [-0.2, 0) is 24.1 Å². The Morgan fingerprint density at radius 1 is 1.32 bits per heavy atom. The lowest BCUT2D eigenvalue weighted by molar-refractivity contribution is 0.0224. The highest BCUT2D eigenvalue weighted by atomic mass is 16.6. The Bertz CT molecular complexity index is 474. The predicted octanol–water partition coefficient (Wildman–Crippen LogP) is 3.54. The van der Waals surface area contributed by atoms with Crippen LogP contribution in [0.2, 0.25) is 0 Å². The molecule has 1 aliphatic heterocycles. The van der Waals surface area contributed by atoms with Crippen LogP contribution < -0.4 is 0 Å². The van der Waals surface area contributed by atoms with Gasteiger partial charge in [0.1, 0.15) is 5.60 Å². The van der Waals surface area contributed by atoms with Crippen LogP contribution in [0.5, 0.6) is 0 Å². The summed E-state index contributed by atoms with van der Waals surface area (Å²) in [6.45, 7) is 9.26. The van der Waals surface area contributed by atoms with E-state index in [-0.39, 0.29) is 6.09 Å². The molecule has 0 unspecified atom stereocenters. The molecule has 19 heavy (non-hydrogen) atoms. The zero-order valence-corrected chi connectivity index (χ0v) is 12.3. The lowest BCUT2D eigenvalue weighted by Crippen LogP contribution is -2.39. The van der Waals surface area contributed by atoms with Crippen molar-refractivity contribution in [3.8, 4) is 0 Å². The number of rotatable bonds is 1. The molecule has 3 heteroatoms. The van der Waals surface area contributed by atoms with Crippen molar-refractivity contribution in [2.75, 3.05) is 6.54 Å². The van der Waals surface area contributed by atoms with E-state index >= 15 is 0 Å². The third-order valence-electron chi connectivity index (χ3n) is 3.34. The summed E-state index contributed by atoms with van der Waals surface area (Å²) < 4.78 is 5.44.